The lowest BCUT2D eigenvalue weighted by molar-refractivity contribution is -0.339. The van der Waals surface area contributed by atoms with Gasteiger partial charge in [0.05, 0.1) is 53.4 Å². The lowest BCUT2D eigenvalue weighted by atomic mass is 9.40. The summed E-state index contributed by atoms with van der Waals surface area (Å²) in [4.78, 5) is 82.1. The highest BCUT2D eigenvalue weighted by molar-refractivity contribution is 5.95. The Morgan fingerprint density at radius 3 is 2.13 bits per heavy atom. The molecule has 22 atom stereocenters. The topological polar surface area (TPSA) is 300 Å². The van der Waals surface area contributed by atoms with Gasteiger partial charge in [0.2, 0.25) is 11.7 Å². The Morgan fingerprint density at radius 2 is 1.50 bits per heavy atom. The van der Waals surface area contributed by atoms with Crippen LogP contribution in [0.25, 0.3) is 0 Å². The number of benzene rings is 2. The Hall–Kier alpha value is -4.86. The normalized spacial score (nSPS) is 44.8. The van der Waals surface area contributed by atoms with E-state index in [0.29, 0.717) is 11.1 Å². The molecule has 3 saturated heterocycles. The number of rotatable bonds is 12. The number of nitrogens with one attached hydrogen (secondary N) is 3. The standard InChI is InChI=1S/C51H65N3O16/c1-22-31-34(48(5)49(6,66)46(65)70-50(48,7)69-22)38(59)32-30-33(41(67-24(3)56)43(62)51(31,32)23(2)55)47(4)27(21-28-40(68-28)42(47)61)36(37(30)58)53-29(57)19-14-20-52-45(64)39(60)35(25-15-10-8-11-16-25)54-44(63)26-17-12-9-13-18-26/h8-13,15-18,22,27-28,30-43,58-62,66H,14,19-21H2,1-7H3,(H,52,64)(H,53,57)(H,54,63)/t22-,27+,28-,30-,31-,32+,33+,34-,35-,36-,37+,38+,39+,40-,41-,42-,43-,47-,48-,49+,50-,51+/m0/s1. The summed E-state index contributed by atoms with van der Waals surface area (Å²) in [5.74, 6) is -13.3. The minimum Gasteiger partial charge on any atom is -0.459 e. The molecule has 0 spiro atoms. The van der Waals surface area contributed by atoms with Gasteiger partial charge in [0.25, 0.3) is 11.8 Å². The van der Waals surface area contributed by atoms with E-state index in [1.54, 1.807) is 74.5 Å². The molecule has 3 amide bonds. The van der Waals surface area contributed by atoms with Crippen molar-refractivity contribution in [3.8, 4) is 0 Å². The highest BCUT2D eigenvalue weighted by Gasteiger charge is 2.87. The number of aliphatic hydroxyl groups excluding tert-OH is 5. The molecule has 4 aliphatic carbocycles. The fraction of sp³-hybridized carbons (Fsp3) is 0.647. The molecule has 0 bridgehead atoms. The van der Waals surface area contributed by atoms with E-state index in [4.69, 9.17) is 18.9 Å². The molecule has 3 heterocycles. The maximum atomic E-state index is 14.8. The number of epoxide rings is 1. The summed E-state index contributed by atoms with van der Waals surface area (Å²) in [7, 11) is 0. The second-order valence-corrected chi connectivity index (χ2v) is 21.6. The second-order valence-electron chi connectivity index (χ2n) is 21.6. The molecule has 70 heavy (non-hydrogen) atoms. The van der Waals surface area contributed by atoms with Crippen molar-refractivity contribution in [2.75, 3.05) is 6.54 Å². The van der Waals surface area contributed by atoms with Gasteiger partial charge in [-0.3, -0.25) is 24.0 Å². The van der Waals surface area contributed by atoms with E-state index in [-0.39, 0.29) is 25.8 Å². The number of Topliss-reactive ketones (excluding diaryl/α,β-unsaturated/α-hetero) is 1. The molecular formula is C51H65N3O16. The molecular weight excluding hydrogens is 911 g/mol. The summed E-state index contributed by atoms with van der Waals surface area (Å²) < 4.78 is 24.2. The number of carbonyl (C=O) groups excluding carboxylic acids is 6. The molecule has 9 rings (SSSR count). The van der Waals surface area contributed by atoms with Gasteiger partial charge in [0.1, 0.15) is 24.1 Å². The Kier molecular flexibility index (Phi) is 12.5. The van der Waals surface area contributed by atoms with Crippen LogP contribution in [0.15, 0.2) is 60.7 Å². The zero-order chi connectivity index (χ0) is 50.8. The number of ether oxygens (including phenoxy) is 4. The molecule has 19 heteroatoms. The van der Waals surface area contributed by atoms with Crippen molar-refractivity contribution >= 4 is 35.4 Å². The Balaban J connectivity index is 1.01. The van der Waals surface area contributed by atoms with Gasteiger partial charge in [0, 0.05) is 67.4 Å². The van der Waals surface area contributed by atoms with Gasteiger partial charge < -0.3 is 65.5 Å². The van der Waals surface area contributed by atoms with Crippen LogP contribution in [0, 0.1) is 51.8 Å². The van der Waals surface area contributed by atoms with E-state index in [0.717, 1.165) is 6.92 Å². The van der Waals surface area contributed by atoms with Crippen molar-refractivity contribution in [2.45, 2.75) is 146 Å². The highest BCUT2D eigenvalue weighted by atomic mass is 16.7. The van der Waals surface area contributed by atoms with Gasteiger partial charge in [-0.25, -0.2) is 4.79 Å². The quantitative estimate of drug-likeness (QED) is 0.0781. The maximum Gasteiger partial charge on any atom is 0.341 e. The highest BCUT2D eigenvalue weighted by Crippen LogP contribution is 2.76. The molecule has 7 fully saturated rings. The molecule has 3 aliphatic heterocycles. The van der Waals surface area contributed by atoms with E-state index >= 15 is 0 Å². The molecule has 0 unspecified atom stereocenters. The smallest absolute Gasteiger partial charge is 0.341 e. The third-order valence-electron chi connectivity index (χ3n) is 18.4. The molecule has 19 nitrogen and oxygen atoms in total. The minimum absolute atomic E-state index is 0.0543. The molecule has 0 aromatic heterocycles. The molecule has 2 aromatic rings. The van der Waals surface area contributed by atoms with E-state index in [1.807, 2.05) is 0 Å². The summed E-state index contributed by atoms with van der Waals surface area (Å²) >= 11 is 0. The Labute approximate surface area is 405 Å². The van der Waals surface area contributed by atoms with E-state index in [2.05, 4.69) is 16.0 Å². The van der Waals surface area contributed by atoms with Gasteiger partial charge in [-0.15, -0.1) is 0 Å². The Morgan fingerprint density at radius 1 is 0.857 bits per heavy atom. The van der Waals surface area contributed by atoms with Gasteiger partial charge in [-0.2, -0.15) is 0 Å². The van der Waals surface area contributed by atoms with E-state index in [1.165, 1.54) is 27.7 Å². The van der Waals surface area contributed by atoms with Crippen LogP contribution in [-0.4, -0.2) is 145 Å². The first-order valence-corrected chi connectivity index (χ1v) is 24.3. The number of amides is 3. The first-order chi connectivity index (χ1) is 32.9. The lowest BCUT2D eigenvalue weighted by Crippen LogP contribution is -2.77. The SMILES string of the molecule is CC(=O)O[C@H]1[C@H]2[C@@H]([C@@H](O)[C@@H](NC(=O)CCCNC(=O)[C@H](O)[C@@H](NC(=O)c3ccccc3)c3ccccc3)[C@H]3C[C@@H]4O[C@@H]4[C@H](O)[C@]23C)[C@@H]2[C@@H](O)[C@@H]3[C@H]([C@H](C)O[C@@]4(C)OC(=O)[C@@](C)(O)[C@]34C)[C@@]2(C(C)=O)[C@H]1O. The number of fused-ring (bicyclic) bond motifs is 10. The number of hydrogen-bond acceptors (Lipinski definition) is 16. The molecule has 380 valence electrons. The fourth-order valence-corrected chi connectivity index (χ4v) is 15.0. The molecule has 2 aromatic carbocycles. The van der Waals surface area contributed by atoms with E-state index in [9.17, 15) is 59.4 Å². The second kappa shape index (κ2) is 17.4. The molecule has 0 radical (unpaired) electrons. The van der Waals surface area contributed by atoms with Crippen molar-refractivity contribution < 1.29 is 78.4 Å². The summed E-state index contributed by atoms with van der Waals surface area (Å²) in [5, 5.41) is 83.1. The van der Waals surface area contributed by atoms with Crippen molar-refractivity contribution in [3.63, 3.8) is 0 Å². The van der Waals surface area contributed by atoms with Crippen LogP contribution in [-0.2, 0) is 42.9 Å². The summed E-state index contributed by atoms with van der Waals surface area (Å²) in [6, 6.07) is 14.5. The van der Waals surface area contributed by atoms with Crippen molar-refractivity contribution in [1.82, 2.24) is 16.0 Å². The molecule has 9 N–H and O–H groups in total. The van der Waals surface area contributed by atoms with Crippen molar-refractivity contribution in [3.05, 3.63) is 71.8 Å². The minimum atomic E-state index is -2.30. The van der Waals surface area contributed by atoms with Crippen LogP contribution in [0.2, 0.25) is 0 Å². The number of hydrogen-bond donors (Lipinski definition) is 9. The lowest BCUT2D eigenvalue weighted by Gasteiger charge is -2.67. The number of esters is 2. The number of carbonyl (C=O) groups is 6. The van der Waals surface area contributed by atoms with Gasteiger partial charge in [-0.1, -0.05) is 55.5 Å². The predicted molar refractivity (Wildman–Crippen MR) is 242 cm³/mol. The van der Waals surface area contributed by atoms with Crippen LogP contribution in [0.1, 0.15) is 89.7 Å². The fourth-order valence-electron chi connectivity index (χ4n) is 15.0. The van der Waals surface area contributed by atoms with Crippen LogP contribution < -0.4 is 16.0 Å². The average molecular weight is 976 g/mol. The first-order valence-electron chi connectivity index (χ1n) is 24.3. The third-order valence-corrected chi connectivity index (χ3v) is 18.4. The van der Waals surface area contributed by atoms with Crippen molar-refractivity contribution in [2.24, 2.45) is 51.8 Å². The third kappa shape index (κ3) is 7.04. The van der Waals surface area contributed by atoms with Gasteiger partial charge in [0.15, 0.2) is 11.7 Å². The number of ketones is 1. The summed E-state index contributed by atoms with van der Waals surface area (Å²) in [6.45, 7) is 9.82. The average Bonchev–Trinajstić information content (AvgIpc) is 4.01. The number of aliphatic hydroxyl groups is 6. The van der Waals surface area contributed by atoms with Gasteiger partial charge >= 0.3 is 11.9 Å². The first kappa shape index (κ1) is 50.1. The molecule has 7 aliphatic rings. The summed E-state index contributed by atoms with van der Waals surface area (Å²) in [6.07, 6.45) is -11.9. The molecule has 4 saturated carbocycles. The largest absolute Gasteiger partial charge is 0.459 e. The van der Waals surface area contributed by atoms with Gasteiger partial charge in [-0.05, 0) is 64.2 Å². The van der Waals surface area contributed by atoms with E-state index < -0.39 is 166 Å². The zero-order valence-electron chi connectivity index (χ0n) is 40.2. The maximum absolute atomic E-state index is 14.8. The Bertz CT molecular complexity index is 2430. The van der Waals surface area contributed by atoms with Crippen molar-refractivity contribution in [1.29, 1.82) is 0 Å². The van der Waals surface area contributed by atoms with Crippen LogP contribution >= 0.6 is 0 Å². The summed E-state index contributed by atoms with van der Waals surface area (Å²) in [5.41, 5.74) is -6.77. The van der Waals surface area contributed by atoms with Crippen LogP contribution in [0.3, 0.4) is 0 Å². The predicted octanol–water partition coefficient (Wildman–Crippen LogP) is 0.215. The zero-order valence-corrected chi connectivity index (χ0v) is 40.2. The van der Waals surface area contributed by atoms with Crippen LogP contribution in [0.4, 0.5) is 0 Å². The monoisotopic (exact) mass is 975 g/mol. The van der Waals surface area contributed by atoms with Crippen LogP contribution in [0.5, 0.6) is 0 Å².